The second-order valence-electron chi connectivity index (χ2n) is 8.97. The predicted octanol–water partition coefficient (Wildman–Crippen LogP) is 3.77. The van der Waals surface area contributed by atoms with Gasteiger partial charge in [0.15, 0.2) is 0 Å². The lowest BCUT2D eigenvalue weighted by Gasteiger charge is -2.39. The number of nitrogens with one attached hydrogen (secondary N) is 3. The van der Waals surface area contributed by atoms with Gasteiger partial charge in [0.1, 0.15) is 0 Å². The highest BCUT2D eigenvalue weighted by molar-refractivity contribution is 7.89. The van der Waals surface area contributed by atoms with Gasteiger partial charge in [0.2, 0.25) is 10.0 Å². The van der Waals surface area contributed by atoms with Crippen LogP contribution in [0.2, 0.25) is 0 Å². The quantitative estimate of drug-likeness (QED) is 0.711. The van der Waals surface area contributed by atoms with Crippen LogP contribution in [0.1, 0.15) is 58.4 Å². The smallest absolute Gasteiger partial charge is 0.319 e. The van der Waals surface area contributed by atoms with Crippen LogP contribution in [0, 0.1) is 18.3 Å². The summed E-state index contributed by atoms with van der Waals surface area (Å²) in [7, 11) is -3.56. The number of sulfonamides is 1. The number of rotatable bonds is 5. The van der Waals surface area contributed by atoms with E-state index in [1.165, 1.54) is 6.07 Å². The van der Waals surface area contributed by atoms with Crippen LogP contribution < -0.4 is 15.4 Å². The van der Waals surface area contributed by atoms with Crippen molar-refractivity contribution in [3.63, 3.8) is 0 Å². The van der Waals surface area contributed by atoms with Gasteiger partial charge in [-0.3, -0.25) is 0 Å². The molecule has 3 N–H and O–H groups in total. The number of carbonyl (C=O) groups excluding carboxylic acids is 1. The molecule has 7 heteroatoms. The molecule has 3 rings (SSSR count). The molecular weight excluding hydrogens is 362 g/mol. The Kier molecular flexibility index (Phi) is 5.54. The number of urea groups is 1. The summed E-state index contributed by atoms with van der Waals surface area (Å²) in [4.78, 5) is 12.7. The van der Waals surface area contributed by atoms with E-state index in [1.807, 2.05) is 0 Å². The van der Waals surface area contributed by atoms with Gasteiger partial charge in [-0.05, 0) is 68.1 Å². The highest BCUT2D eigenvalue weighted by Gasteiger charge is 2.33. The Bertz CT molecular complexity index is 816. The fraction of sp³-hybridized carbons (Fsp3) is 0.650. The molecule has 27 heavy (non-hydrogen) atoms. The Balaban J connectivity index is 1.65. The molecule has 2 amide bonds. The fourth-order valence-electron chi connectivity index (χ4n) is 3.95. The van der Waals surface area contributed by atoms with Crippen molar-refractivity contribution >= 4 is 21.7 Å². The second kappa shape index (κ2) is 7.43. The van der Waals surface area contributed by atoms with Gasteiger partial charge >= 0.3 is 6.03 Å². The zero-order valence-electron chi connectivity index (χ0n) is 16.6. The zero-order chi connectivity index (χ0) is 19.8. The summed E-state index contributed by atoms with van der Waals surface area (Å²) in [5.41, 5.74) is 1.47. The average Bonchev–Trinajstić information content (AvgIpc) is 3.34. The summed E-state index contributed by atoms with van der Waals surface area (Å²) in [5.74, 6) is 0.413. The number of aryl methyl sites for hydroxylation is 1. The minimum absolute atomic E-state index is 0.0475. The Morgan fingerprint density at radius 1 is 1.19 bits per heavy atom. The van der Waals surface area contributed by atoms with Gasteiger partial charge < -0.3 is 10.6 Å². The minimum Gasteiger partial charge on any atom is -0.335 e. The van der Waals surface area contributed by atoms with Gasteiger partial charge in [0.25, 0.3) is 0 Å². The summed E-state index contributed by atoms with van der Waals surface area (Å²) >= 11 is 0. The lowest BCUT2D eigenvalue weighted by atomic mass is 9.70. The average molecular weight is 394 g/mol. The Labute approximate surface area is 162 Å². The van der Waals surface area contributed by atoms with Gasteiger partial charge in [0, 0.05) is 17.8 Å². The van der Waals surface area contributed by atoms with Crippen molar-refractivity contribution in [1.29, 1.82) is 0 Å². The van der Waals surface area contributed by atoms with E-state index >= 15 is 0 Å². The van der Waals surface area contributed by atoms with E-state index in [0.717, 1.165) is 32.1 Å². The third kappa shape index (κ3) is 5.23. The molecule has 2 aliphatic carbocycles. The van der Waals surface area contributed by atoms with E-state index in [4.69, 9.17) is 0 Å². The molecule has 2 saturated carbocycles. The van der Waals surface area contributed by atoms with Crippen LogP contribution in [-0.2, 0) is 10.0 Å². The van der Waals surface area contributed by atoms with Gasteiger partial charge in [-0.1, -0.05) is 26.8 Å². The largest absolute Gasteiger partial charge is 0.335 e. The Hall–Kier alpha value is -1.60. The number of benzene rings is 1. The van der Waals surface area contributed by atoms with Crippen molar-refractivity contribution in [3.8, 4) is 0 Å². The molecule has 0 aromatic heterocycles. The van der Waals surface area contributed by atoms with E-state index in [9.17, 15) is 13.2 Å². The molecule has 2 unspecified atom stereocenters. The summed E-state index contributed by atoms with van der Waals surface area (Å²) in [6, 6.07) is 4.90. The van der Waals surface area contributed by atoms with Crippen LogP contribution in [-0.4, -0.2) is 26.5 Å². The number of anilines is 1. The first-order chi connectivity index (χ1) is 12.6. The van der Waals surface area contributed by atoms with Crippen LogP contribution in [0.15, 0.2) is 23.1 Å². The SMILES string of the molecule is Cc1ccc(NC(=O)NC2CCC(C)(C)CC2C)cc1S(=O)(=O)NC1CC1. The standard InChI is InChI=1S/C20H31N3O3S/c1-13-5-6-16(11-18(13)27(25,26)23-15-7-8-15)21-19(24)22-17-9-10-20(3,4)12-14(17)2/h5-6,11,14-15,17,23H,7-10,12H2,1-4H3,(H2,21,22,24). The van der Waals surface area contributed by atoms with Crippen molar-refractivity contribution in [2.24, 2.45) is 11.3 Å². The van der Waals surface area contributed by atoms with Crippen LogP contribution in [0.25, 0.3) is 0 Å². The van der Waals surface area contributed by atoms with Crippen molar-refractivity contribution < 1.29 is 13.2 Å². The molecule has 1 aromatic carbocycles. The number of hydrogen-bond donors (Lipinski definition) is 3. The molecule has 0 heterocycles. The molecule has 1 aromatic rings. The number of carbonyl (C=O) groups is 1. The van der Waals surface area contributed by atoms with Crippen LogP contribution in [0.5, 0.6) is 0 Å². The molecular formula is C20H31N3O3S. The summed E-state index contributed by atoms with van der Waals surface area (Å²) in [6.07, 6.45) is 4.89. The second-order valence-corrected chi connectivity index (χ2v) is 10.6. The molecule has 2 aliphatic rings. The van der Waals surface area contributed by atoms with Gasteiger partial charge in [-0.25, -0.2) is 17.9 Å². The lowest BCUT2D eigenvalue weighted by molar-refractivity contribution is 0.152. The van der Waals surface area contributed by atoms with E-state index in [-0.39, 0.29) is 23.0 Å². The number of amides is 2. The summed E-state index contributed by atoms with van der Waals surface area (Å²) in [5, 5.41) is 5.85. The molecule has 2 atom stereocenters. The molecule has 0 saturated heterocycles. The lowest BCUT2D eigenvalue weighted by Crippen LogP contribution is -2.46. The van der Waals surface area contributed by atoms with Crippen molar-refractivity contribution in [2.45, 2.75) is 76.8 Å². The highest BCUT2D eigenvalue weighted by atomic mass is 32.2. The van der Waals surface area contributed by atoms with Crippen LogP contribution in [0.3, 0.4) is 0 Å². The fourth-order valence-corrected chi connectivity index (χ4v) is 5.52. The van der Waals surface area contributed by atoms with E-state index in [1.54, 1.807) is 19.1 Å². The Morgan fingerprint density at radius 3 is 2.52 bits per heavy atom. The maximum Gasteiger partial charge on any atom is 0.319 e. The summed E-state index contributed by atoms with van der Waals surface area (Å²) < 4.78 is 27.7. The molecule has 6 nitrogen and oxygen atoms in total. The topological polar surface area (TPSA) is 87.3 Å². The zero-order valence-corrected chi connectivity index (χ0v) is 17.4. The normalized spacial score (nSPS) is 25.0. The van der Waals surface area contributed by atoms with Crippen LogP contribution >= 0.6 is 0 Å². The molecule has 0 bridgehead atoms. The number of hydrogen-bond acceptors (Lipinski definition) is 3. The van der Waals surface area contributed by atoms with Crippen molar-refractivity contribution in [3.05, 3.63) is 23.8 Å². The van der Waals surface area contributed by atoms with Crippen molar-refractivity contribution in [2.75, 3.05) is 5.32 Å². The third-order valence-electron chi connectivity index (χ3n) is 5.64. The molecule has 2 fully saturated rings. The van der Waals surface area contributed by atoms with Crippen molar-refractivity contribution in [1.82, 2.24) is 10.0 Å². The minimum atomic E-state index is -3.56. The third-order valence-corrected chi connectivity index (χ3v) is 7.31. The highest BCUT2D eigenvalue weighted by Crippen LogP contribution is 2.38. The van der Waals surface area contributed by atoms with Crippen LogP contribution in [0.4, 0.5) is 10.5 Å². The maximum atomic E-state index is 12.5. The van der Waals surface area contributed by atoms with E-state index < -0.39 is 10.0 Å². The van der Waals surface area contributed by atoms with Gasteiger partial charge in [0.05, 0.1) is 4.90 Å². The monoisotopic (exact) mass is 393 g/mol. The van der Waals surface area contributed by atoms with E-state index in [2.05, 4.69) is 36.1 Å². The molecule has 150 valence electrons. The van der Waals surface area contributed by atoms with Gasteiger partial charge in [-0.15, -0.1) is 0 Å². The predicted molar refractivity (Wildman–Crippen MR) is 107 cm³/mol. The molecule has 0 radical (unpaired) electrons. The van der Waals surface area contributed by atoms with Gasteiger partial charge in [-0.2, -0.15) is 0 Å². The summed E-state index contributed by atoms with van der Waals surface area (Å²) in [6.45, 7) is 8.47. The first kappa shape index (κ1) is 20.1. The molecule has 0 spiro atoms. The molecule has 0 aliphatic heterocycles. The maximum absolute atomic E-state index is 12.5. The Morgan fingerprint density at radius 2 is 1.89 bits per heavy atom. The van der Waals surface area contributed by atoms with E-state index in [0.29, 0.717) is 22.6 Å². The first-order valence-corrected chi connectivity index (χ1v) is 11.2. The first-order valence-electron chi connectivity index (χ1n) is 9.76.